The summed E-state index contributed by atoms with van der Waals surface area (Å²) in [4.78, 5) is 0. The van der Waals surface area contributed by atoms with E-state index in [1.807, 2.05) is 37.3 Å². The van der Waals surface area contributed by atoms with Crippen LogP contribution >= 0.6 is 0 Å². The molecule has 0 fully saturated rings. The summed E-state index contributed by atoms with van der Waals surface area (Å²) in [6.45, 7) is 4.11. The highest BCUT2D eigenvalue weighted by Crippen LogP contribution is 2.13. The summed E-state index contributed by atoms with van der Waals surface area (Å²) in [5.41, 5.74) is 0.106. The van der Waals surface area contributed by atoms with Crippen LogP contribution in [0.4, 0.5) is 5.95 Å². The first-order valence-electron chi connectivity index (χ1n) is 5.92. The van der Waals surface area contributed by atoms with E-state index in [1.165, 1.54) is 0 Å². The van der Waals surface area contributed by atoms with E-state index in [1.54, 1.807) is 11.6 Å². The zero-order valence-corrected chi connectivity index (χ0v) is 10.5. The third-order valence-corrected chi connectivity index (χ3v) is 2.86. The molecular weight excluding hydrogens is 230 g/mol. The Hall–Kier alpha value is -1.95. The molecule has 1 atom stereocenters. The lowest BCUT2D eigenvalue weighted by Gasteiger charge is -2.21. The van der Waals surface area contributed by atoms with E-state index in [-0.39, 0.29) is 0 Å². The van der Waals surface area contributed by atoms with Gasteiger partial charge >= 0.3 is 0 Å². The Balaban J connectivity index is 2.14. The van der Waals surface area contributed by atoms with Crippen molar-refractivity contribution in [2.45, 2.75) is 25.9 Å². The molecule has 0 spiro atoms. The van der Waals surface area contributed by atoms with Crippen molar-refractivity contribution < 1.29 is 5.11 Å². The molecule has 0 amide bonds. The largest absolute Gasteiger partial charge is 0.388 e. The first kappa shape index (κ1) is 12.5. The first-order chi connectivity index (χ1) is 8.62. The number of para-hydroxylation sites is 1. The van der Waals surface area contributed by atoms with Crippen LogP contribution < -0.4 is 5.32 Å². The van der Waals surface area contributed by atoms with Gasteiger partial charge in [-0.1, -0.05) is 30.2 Å². The molecule has 0 bridgehead atoms. The van der Waals surface area contributed by atoms with Crippen molar-refractivity contribution >= 4 is 5.95 Å². The van der Waals surface area contributed by atoms with Crippen LogP contribution in [-0.2, 0) is 0 Å². The monoisotopic (exact) mass is 247 g/mol. The third kappa shape index (κ3) is 2.84. The molecule has 0 aliphatic carbocycles. The number of benzene rings is 1. The van der Waals surface area contributed by atoms with Gasteiger partial charge in [-0.2, -0.15) is 4.68 Å². The molecule has 0 saturated heterocycles. The van der Waals surface area contributed by atoms with E-state index in [4.69, 9.17) is 0 Å². The molecule has 2 aromatic rings. The molecule has 0 radical (unpaired) electrons. The van der Waals surface area contributed by atoms with Crippen LogP contribution in [0.3, 0.4) is 0 Å². The number of nitrogens with one attached hydrogen (secondary N) is 1. The molecule has 96 valence electrons. The van der Waals surface area contributed by atoms with E-state index >= 15 is 0 Å². The number of hydrogen-bond acceptors (Lipinski definition) is 5. The van der Waals surface area contributed by atoms with E-state index in [9.17, 15) is 5.11 Å². The van der Waals surface area contributed by atoms with Crippen molar-refractivity contribution in [3.8, 4) is 5.69 Å². The predicted octanol–water partition coefficient (Wildman–Crippen LogP) is 1.24. The van der Waals surface area contributed by atoms with Crippen LogP contribution in [0.1, 0.15) is 20.3 Å². The standard InChI is InChI=1S/C12H17N5O/c1-3-12(2,18)9-13-11-14-15-16-17(11)10-7-5-4-6-8-10/h4-8,18H,3,9H2,1-2H3,(H,13,14,16). The zero-order valence-electron chi connectivity index (χ0n) is 10.5. The second-order valence-corrected chi connectivity index (χ2v) is 4.45. The van der Waals surface area contributed by atoms with Gasteiger partial charge in [-0.3, -0.25) is 0 Å². The van der Waals surface area contributed by atoms with Crippen molar-refractivity contribution in [1.29, 1.82) is 0 Å². The van der Waals surface area contributed by atoms with Crippen molar-refractivity contribution in [2.24, 2.45) is 0 Å². The van der Waals surface area contributed by atoms with E-state index in [2.05, 4.69) is 20.8 Å². The summed E-state index contributed by atoms with van der Waals surface area (Å²) in [7, 11) is 0. The van der Waals surface area contributed by atoms with Crippen molar-refractivity contribution in [3.05, 3.63) is 30.3 Å². The van der Waals surface area contributed by atoms with Crippen LogP contribution in [0.2, 0.25) is 0 Å². The zero-order chi connectivity index (χ0) is 13.0. The quantitative estimate of drug-likeness (QED) is 0.831. The van der Waals surface area contributed by atoms with Crippen LogP contribution in [-0.4, -0.2) is 37.5 Å². The molecule has 1 aromatic heterocycles. The maximum atomic E-state index is 9.94. The molecule has 0 saturated carbocycles. The second kappa shape index (κ2) is 5.14. The van der Waals surface area contributed by atoms with Gasteiger partial charge in [-0.15, -0.1) is 0 Å². The van der Waals surface area contributed by atoms with Gasteiger partial charge in [0.05, 0.1) is 11.3 Å². The van der Waals surface area contributed by atoms with E-state index in [0.717, 1.165) is 5.69 Å². The lowest BCUT2D eigenvalue weighted by atomic mass is 10.0. The lowest BCUT2D eigenvalue weighted by molar-refractivity contribution is 0.0695. The molecule has 2 rings (SSSR count). The Morgan fingerprint density at radius 1 is 1.33 bits per heavy atom. The van der Waals surface area contributed by atoms with Crippen LogP contribution in [0.5, 0.6) is 0 Å². The van der Waals surface area contributed by atoms with E-state index < -0.39 is 5.60 Å². The Morgan fingerprint density at radius 3 is 2.72 bits per heavy atom. The molecule has 6 heteroatoms. The number of hydrogen-bond donors (Lipinski definition) is 2. The summed E-state index contributed by atoms with van der Waals surface area (Å²) in [6, 6.07) is 9.60. The highest BCUT2D eigenvalue weighted by Gasteiger charge is 2.18. The maximum absolute atomic E-state index is 9.94. The first-order valence-corrected chi connectivity index (χ1v) is 5.92. The molecule has 1 heterocycles. The summed E-state index contributed by atoms with van der Waals surface area (Å²) in [5, 5.41) is 24.5. The molecule has 18 heavy (non-hydrogen) atoms. The fourth-order valence-corrected chi connectivity index (χ4v) is 1.43. The van der Waals surface area contributed by atoms with E-state index in [0.29, 0.717) is 18.9 Å². The van der Waals surface area contributed by atoms with Gasteiger partial charge in [0, 0.05) is 6.54 Å². The minimum absolute atomic E-state index is 0.400. The number of nitrogens with zero attached hydrogens (tertiary/aromatic N) is 4. The van der Waals surface area contributed by atoms with Crippen molar-refractivity contribution in [1.82, 2.24) is 20.2 Å². The molecule has 1 aromatic carbocycles. The Bertz CT molecular complexity index is 494. The Morgan fingerprint density at radius 2 is 2.06 bits per heavy atom. The highest BCUT2D eigenvalue weighted by atomic mass is 16.3. The van der Waals surface area contributed by atoms with Gasteiger partial charge in [0.25, 0.3) is 0 Å². The highest BCUT2D eigenvalue weighted by molar-refractivity contribution is 5.38. The van der Waals surface area contributed by atoms with Crippen molar-refractivity contribution in [3.63, 3.8) is 0 Å². The summed E-state index contributed by atoms with van der Waals surface area (Å²) in [6.07, 6.45) is 0.660. The Kier molecular flexibility index (Phi) is 3.57. The topological polar surface area (TPSA) is 75.9 Å². The summed E-state index contributed by atoms with van der Waals surface area (Å²) in [5.74, 6) is 0.523. The van der Waals surface area contributed by atoms with Crippen LogP contribution in [0.25, 0.3) is 5.69 Å². The maximum Gasteiger partial charge on any atom is 0.247 e. The number of tetrazole rings is 1. The van der Waals surface area contributed by atoms with Gasteiger partial charge in [0.15, 0.2) is 0 Å². The minimum atomic E-state index is -0.770. The molecule has 6 nitrogen and oxygen atoms in total. The SMILES string of the molecule is CCC(C)(O)CNc1nnnn1-c1ccccc1. The number of rotatable bonds is 5. The van der Waals surface area contributed by atoms with Gasteiger partial charge in [0.1, 0.15) is 0 Å². The second-order valence-electron chi connectivity index (χ2n) is 4.45. The number of aliphatic hydroxyl groups is 1. The molecular formula is C12H17N5O. The molecule has 0 aliphatic heterocycles. The van der Waals surface area contributed by atoms with Gasteiger partial charge in [-0.05, 0) is 35.9 Å². The fraction of sp³-hybridized carbons (Fsp3) is 0.417. The normalized spacial score (nSPS) is 14.2. The van der Waals surface area contributed by atoms with Gasteiger partial charge in [-0.25, -0.2) is 0 Å². The predicted molar refractivity (Wildman–Crippen MR) is 68.6 cm³/mol. The third-order valence-electron chi connectivity index (χ3n) is 2.86. The van der Waals surface area contributed by atoms with Crippen LogP contribution in [0.15, 0.2) is 30.3 Å². The number of anilines is 1. The fourth-order valence-electron chi connectivity index (χ4n) is 1.43. The number of aromatic nitrogens is 4. The molecule has 1 unspecified atom stereocenters. The molecule has 0 aliphatic rings. The lowest BCUT2D eigenvalue weighted by Crippen LogP contribution is -2.33. The van der Waals surface area contributed by atoms with Crippen LogP contribution in [0, 0.1) is 0 Å². The average molecular weight is 247 g/mol. The molecule has 2 N–H and O–H groups in total. The van der Waals surface area contributed by atoms with Gasteiger partial charge in [0.2, 0.25) is 5.95 Å². The summed E-state index contributed by atoms with van der Waals surface area (Å²) >= 11 is 0. The van der Waals surface area contributed by atoms with Crippen molar-refractivity contribution in [2.75, 3.05) is 11.9 Å². The smallest absolute Gasteiger partial charge is 0.247 e. The van der Waals surface area contributed by atoms with Gasteiger partial charge < -0.3 is 10.4 Å². The summed E-state index contributed by atoms with van der Waals surface area (Å²) < 4.78 is 1.60. The Labute approximate surface area is 106 Å². The average Bonchev–Trinajstić information content (AvgIpc) is 2.86. The minimum Gasteiger partial charge on any atom is -0.388 e.